The second-order valence-corrected chi connectivity index (χ2v) is 6.95. The molecule has 0 amide bonds. The summed E-state index contributed by atoms with van der Waals surface area (Å²) in [5.74, 6) is -0.396. The second kappa shape index (κ2) is 5.14. The van der Waals surface area contributed by atoms with E-state index in [9.17, 15) is 4.39 Å². The van der Waals surface area contributed by atoms with Gasteiger partial charge in [-0.3, -0.25) is 4.98 Å². The van der Waals surface area contributed by atoms with Crippen molar-refractivity contribution in [1.29, 1.82) is 0 Å². The Morgan fingerprint density at radius 2 is 1.70 bits per heavy atom. The van der Waals surface area contributed by atoms with Crippen molar-refractivity contribution in [1.82, 2.24) is 14.8 Å². The van der Waals surface area contributed by atoms with Gasteiger partial charge in [0.25, 0.3) is 0 Å². The van der Waals surface area contributed by atoms with Crippen LogP contribution in [0.3, 0.4) is 0 Å². The lowest BCUT2D eigenvalue weighted by Gasteiger charge is -2.32. The Hall–Kier alpha value is -1.73. The minimum Gasteiger partial charge on any atom is -0.399 e. The molecule has 7 heteroatoms. The lowest BCUT2D eigenvalue weighted by atomic mass is 9.77. The minimum atomic E-state index is -0.490. The number of rotatable bonds is 2. The average Bonchev–Trinajstić information content (AvgIpc) is 2.83. The third kappa shape index (κ3) is 2.58. The van der Waals surface area contributed by atoms with Gasteiger partial charge < -0.3 is 9.31 Å². The van der Waals surface area contributed by atoms with E-state index in [1.807, 2.05) is 41.5 Å². The first-order valence-corrected chi connectivity index (χ1v) is 7.65. The van der Waals surface area contributed by atoms with Crippen LogP contribution in [0.2, 0.25) is 0 Å². The second-order valence-electron chi connectivity index (χ2n) is 6.95. The number of pyridine rings is 1. The number of aryl methyl sites for hydroxylation is 1. The molecule has 0 unspecified atom stereocenters. The van der Waals surface area contributed by atoms with Gasteiger partial charge in [-0.05, 0) is 41.5 Å². The van der Waals surface area contributed by atoms with E-state index in [0.717, 1.165) is 16.9 Å². The fourth-order valence-corrected chi connectivity index (χ4v) is 2.72. The average molecular weight is 317 g/mol. The Labute approximate surface area is 136 Å². The molecular weight excluding hydrogens is 296 g/mol. The molecule has 5 nitrogen and oxygen atoms in total. The Balaban J connectivity index is 2.03. The normalized spacial score (nSPS) is 19.3. The molecule has 1 fully saturated rings. The number of hydrogen-bond donors (Lipinski definition) is 0. The summed E-state index contributed by atoms with van der Waals surface area (Å²) in [6.07, 6.45) is 2.75. The van der Waals surface area contributed by atoms with Crippen molar-refractivity contribution in [3.63, 3.8) is 0 Å². The predicted octanol–water partition coefficient (Wildman–Crippen LogP) is 2.32. The van der Waals surface area contributed by atoms with Crippen LogP contribution < -0.4 is 5.46 Å². The molecule has 122 valence electrons. The van der Waals surface area contributed by atoms with E-state index < -0.39 is 24.1 Å². The quantitative estimate of drug-likeness (QED) is 0.798. The number of aromatic nitrogens is 3. The van der Waals surface area contributed by atoms with Crippen molar-refractivity contribution in [2.45, 2.75) is 52.7 Å². The van der Waals surface area contributed by atoms with E-state index in [4.69, 9.17) is 9.31 Å². The van der Waals surface area contributed by atoms with Crippen molar-refractivity contribution < 1.29 is 13.7 Å². The molecule has 2 aromatic rings. The molecule has 2 aromatic heterocycles. The highest BCUT2D eigenvalue weighted by Gasteiger charge is 2.53. The Bertz CT molecular complexity index is 742. The van der Waals surface area contributed by atoms with E-state index in [-0.39, 0.29) is 0 Å². The molecule has 23 heavy (non-hydrogen) atoms. The SMILES string of the molecule is Cc1nn(-c2cncc(F)c2)c(C)c1B1OC(C)(C)C(C)(C)O1. The van der Waals surface area contributed by atoms with Crippen LogP contribution in [0.4, 0.5) is 4.39 Å². The molecule has 0 spiro atoms. The highest BCUT2D eigenvalue weighted by atomic mass is 19.1. The van der Waals surface area contributed by atoms with E-state index in [1.165, 1.54) is 12.3 Å². The van der Waals surface area contributed by atoms with Crippen LogP contribution in [0.15, 0.2) is 18.5 Å². The molecule has 0 saturated carbocycles. The van der Waals surface area contributed by atoms with Crippen LogP contribution in [0.5, 0.6) is 0 Å². The third-order valence-corrected chi connectivity index (χ3v) is 4.77. The topological polar surface area (TPSA) is 49.2 Å². The summed E-state index contributed by atoms with van der Waals surface area (Å²) in [6, 6.07) is 1.40. The van der Waals surface area contributed by atoms with Gasteiger partial charge >= 0.3 is 7.12 Å². The van der Waals surface area contributed by atoms with Gasteiger partial charge in [0, 0.05) is 17.2 Å². The lowest BCUT2D eigenvalue weighted by molar-refractivity contribution is 0.00578. The van der Waals surface area contributed by atoms with Gasteiger partial charge in [-0.15, -0.1) is 0 Å². The molecule has 0 aromatic carbocycles. The maximum atomic E-state index is 13.4. The first-order chi connectivity index (χ1) is 10.6. The van der Waals surface area contributed by atoms with Crippen molar-refractivity contribution >= 4 is 12.6 Å². The van der Waals surface area contributed by atoms with Crippen molar-refractivity contribution in [3.05, 3.63) is 35.7 Å². The van der Waals surface area contributed by atoms with Crippen molar-refractivity contribution in [2.75, 3.05) is 0 Å². The zero-order valence-corrected chi connectivity index (χ0v) is 14.3. The summed E-state index contributed by atoms with van der Waals surface area (Å²) in [5, 5.41) is 4.51. The maximum absolute atomic E-state index is 13.4. The van der Waals surface area contributed by atoms with Crippen molar-refractivity contribution in [2.24, 2.45) is 0 Å². The highest BCUT2D eigenvalue weighted by molar-refractivity contribution is 6.63. The van der Waals surface area contributed by atoms with Crippen LogP contribution in [0.25, 0.3) is 5.69 Å². The fourth-order valence-electron chi connectivity index (χ4n) is 2.72. The first-order valence-electron chi connectivity index (χ1n) is 7.65. The standard InChI is InChI=1S/C16H21BFN3O2/c1-10-14(17-22-15(3,4)16(5,6)23-17)11(2)21(20-10)13-7-12(18)8-19-9-13/h7-9H,1-6H3. The van der Waals surface area contributed by atoms with E-state index in [1.54, 1.807) is 10.9 Å². The maximum Gasteiger partial charge on any atom is 0.498 e. The zero-order valence-electron chi connectivity index (χ0n) is 14.3. The molecule has 0 N–H and O–H groups in total. The van der Waals surface area contributed by atoms with Gasteiger partial charge in [-0.2, -0.15) is 5.10 Å². The number of hydrogen-bond acceptors (Lipinski definition) is 4. The lowest BCUT2D eigenvalue weighted by Crippen LogP contribution is -2.41. The highest BCUT2D eigenvalue weighted by Crippen LogP contribution is 2.37. The van der Waals surface area contributed by atoms with Crippen molar-refractivity contribution in [3.8, 4) is 5.69 Å². The summed E-state index contributed by atoms with van der Waals surface area (Å²) in [4.78, 5) is 3.89. The molecule has 1 aliphatic rings. The van der Waals surface area contributed by atoms with Gasteiger partial charge in [0.05, 0.1) is 35.0 Å². The van der Waals surface area contributed by atoms with Crippen LogP contribution >= 0.6 is 0 Å². The monoisotopic (exact) mass is 317 g/mol. The van der Waals surface area contributed by atoms with Crippen LogP contribution in [-0.4, -0.2) is 33.1 Å². The largest absolute Gasteiger partial charge is 0.498 e. The Morgan fingerprint density at radius 1 is 1.09 bits per heavy atom. The summed E-state index contributed by atoms with van der Waals surface area (Å²) < 4.78 is 27.4. The summed E-state index contributed by atoms with van der Waals surface area (Å²) >= 11 is 0. The molecule has 0 aliphatic carbocycles. The van der Waals surface area contributed by atoms with Crippen LogP contribution in [0, 0.1) is 19.7 Å². The molecule has 1 saturated heterocycles. The van der Waals surface area contributed by atoms with Gasteiger partial charge in [-0.25, -0.2) is 9.07 Å². The zero-order chi connectivity index (χ0) is 17.0. The van der Waals surface area contributed by atoms with E-state index in [0.29, 0.717) is 5.69 Å². The summed E-state index contributed by atoms with van der Waals surface area (Å²) in [7, 11) is -0.490. The third-order valence-electron chi connectivity index (χ3n) is 4.77. The molecule has 0 bridgehead atoms. The number of halogens is 1. The molecule has 3 rings (SSSR count). The molecule has 3 heterocycles. The molecule has 0 atom stereocenters. The summed E-state index contributed by atoms with van der Waals surface area (Å²) in [6.45, 7) is 11.9. The van der Waals surface area contributed by atoms with Gasteiger partial charge in [0.1, 0.15) is 5.82 Å². The van der Waals surface area contributed by atoms with Gasteiger partial charge in [0.15, 0.2) is 0 Å². The summed E-state index contributed by atoms with van der Waals surface area (Å²) in [5.41, 5.74) is 2.28. The Kier molecular flexibility index (Phi) is 3.61. The number of nitrogens with zero attached hydrogens (tertiary/aromatic N) is 3. The van der Waals surface area contributed by atoms with Gasteiger partial charge in [-0.1, -0.05) is 0 Å². The van der Waals surface area contributed by atoms with E-state index >= 15 is 0 Å². The molecule has 1 aliphatic heterocycles. The smallest absolute Gasteiger partial charge is 0.399 e. The molecular formula is C16H21BFN3O2. The van der Waals surface area contributed by atoms with Crippen LogP contribution in [0.1, 0.15) is 39.1 Å². The predicted molar refractivity (Wildman–Crippen MR) is 86.5 cm³/mol. The molecule has 0 radical (unpaired) electrons. The minimum absolute atomic E-state index is 0.396. The Morgan fingerprint density at radius 3 is 2.26 bits per heavy atom. The van der Waals surface area contributed by atoms with Crippen LogP contribution in [-0.2, 0) is 9.31 Å². The van der Waals surface area contributed by atoms with Gasteiger partial charge in [0.2, 0.25) is 0 Å². The fraction of sp³-hybridized carbons (Fsp3) is 0.500. The van der Waals surface area contributed by atoms with E-state index in [2.05, 4.69) is 10.1 Å². The first kappa shape index (κ1) is 16.1.